The Kier molecular flexibility index (Phi) is 2.49. The molecule has 0 aliphatic carbocycles. The summed E-state index contributed by atoms with van der Waals surface area (Å²) in [6.45, 7) is 6.05. The zero-order valence-corrected chi connectivity index (χ0v) is 7.65. The third-order valence-electron chi connectivity index (χ3n) is 1.87. The van der Waals surface area contributed by atoms with E-state index in [9.17, 15) is 0 Å². The second-order valence-electron chi connectivity index (χ2n) is 3.21. The Morgan fingerprint density at radius 3 is 2.58 bits per heavy atom. The van der Waals surface area contributed by atoms with E-state index in [1.165, 1.54) is 5.56 Å². The summed E-state index contributed by atoms with van der Waals surface area (Å²) in [7, 11) is 0. The predicted molar refractivity (Wildman–Crippen MR) is 46.6 cm³/mol. The van der Waals surface area contributed by atoms with Gasteiger partial charge in [-0.2, -0.15) is 10.4 Å². The average Bonchev–Trinajstić information content (AvgIpc) is 2.51. The molecule has 0 saturated carbocycles. The van der Waals surface area contributed by atoms with E-state index < -0.39 is 0 Å². The SMILES string of the molecule is CC(C)c1cnn(C(C)C#N)c1. The largest absolute Gasteiger partial charge is 0.255 e. The zero-order valence-electron chi connectivity index (χ0n) is 7.65. The highest BCUT2D eigenvalue weighted by Crippen LogP contribution is 2.14. The lowest BCUT2D eigenvalue weighted by atomic mass is 10.1. The summed E-state index contributed by atoms with van der Waals surface area (Å²) in [5.41, 5.74) is 1.18. The third-order valence-corrected chi connectivity index (χ3v) is 1.87. The molecule has 1 aromatic heterocycles. The van der Waals surface area contributed by atoms with Gasteiger partial charge in [0.15, 0.2) is 0 Å². The van der Waals surface area contributed by atoms with Gasteiger partial charge in [-0.15, -0.1) is 0 Å². The minimum absolute atomic E-state index is 0.169. The van der Waals surface area contributed by atoms with E-state index >= 15 is 0 Å². The van der Waals surface area contributed by atoms with E-state index in [1.54, 1.807) is 4.68 Å². The van der Waals surface area contributed by atoms with Crippen molar-refractivity contribution in [1.82, 2.24) is 9.78 Å². The molecule has 0 aliphatic heterocycles. The van der Waals surface area contributed by atoms with Crippen molar-refractivity contribution in [2.24, 2.45) is 0 Å². The first-order valence-corrected chi connectivity index (χ1v) is 4.08. The molecule has 1 heterocycles. The normalized spacial score (nSPS) is 12.9. The summed E-state index contributed by atoms with van der Waals surface area (Å²) < 4.78 is 1.69. The van der Waals surface area contributed by atoms with Gasteiger partial charge in [0.2, 0.25) is 0 Å². The van der Waals surface area contributed by atoms with Crippen molar-refractivity contribution in [2.75, 3.05) is 0 Å². The van der Waals surface area contributed by atoms with Gasteiger partial charge >= 0.3 is 0 Å². The van der Waals surface area contributed by atoms with Crippen molar-refractivity contribution in [3.05, 3.63) is 18.0 Å². The second kappa shape index (κ2) is 3.40. The predicted octanol–water partition coefficient (Wildman–Crippen LogP) is 2.09. The lowest BCUT2D eigenvalue weighted by Gasteiger charge is -2.01. The van der Waals surface area contributed by atoms with Crippen LogP contribution in [0.25, 0.3) is 0 Å². The molecule has 0 radical (unpaired) electrons. The first kappa shape index (κ1) is 8.79. The maximum absolute atomic E-state index is 8.63. The average molecular weight is 163 g/mol. The quantitative estimate of drug-likeness (QED) is 0.669. The molecule has 0 bridgehead atoms. The summed E-state index contributed by atoms with van der Waals surface area (Å²) in [5.74, 6) is 0.477. The number of nitriles is 1. The number of rotatable bonds is 2. The summed E-state index contributed by atoms with van der Waals surface area (Å²) in [4.78, 5) is 0. The van der Waals surface area contributed by atoms with Crippen molar-refractivity contribution >= 4 is 0 Å². The molecule has 0 saturated heterocycles. The molecular formula is C9H13N3. The summed E-state index contributed by atoms with van der Waals surface area (Å²) in [5, 5.41) is 12.7. The van der Waals surface area contributed by atoms with Gasteiger partial charge in [0.25, 0.3) is 0 Å². The lowest BCUT2D eigenvalue weighted by molar-refractivity contribution is 0.590. The van der Waals surface area contributed by atoms with Crippen molar-refractivity contribution in [1.29, 1.82) is 5.26 Å². The highest BCUT2D eigenvalue weighted by molar-refractivity contribution is 5.10. The highest BCUT2D eigenvalue weighted by Gasteiger charge is 2.06. The van der Waals surface area contributed by atoms with E-state index in [4.69, 9.17) is 5.26 Å². The van der Waals surface area contributed by atoms with Crippen LogP contribution < -0.4 is 0 Å². The molecule has 1 aromatic rings. The second-order valence-corrected chi connectivity index (χ2v) is 3.21. The first-order chi connectivity index (χ1) is 5.65. The molecule has 0 N–H and O–H groups in total. The van der Waals surface area contributed by atoms with Crippen LogP contribution in [0, 0.1) is 11.3 Å². The summed E-state index contributed by atoms with van der Waals surface area (Å²) in [6.07, 6.45) is 3.75. The summed E-state index contributed by atoms with van der Waals surface area (Å²) in [6, 6.07) is 1.96. The van der Waals surface area contributed by atoms with Gasteiger partial charge in [-0.1, -0.05) is 13.8 Å². The topological polar surface area (TPSA) is 41.6 Å². The third kappa shape index (κ3) is 1.65. The van der Waals surface area contributed by atoms with Crippen molar-refractivity contribution in [3.8, 4) is 6.07 Å². The molecule has 0 aromatic carbocycles. The van der Waals surface area contributed by atoms with Crippen LogP contribution in [-0.2, 0) is 0 Å². The molecule has 1 rings (SSSR count). The monoisotopic (exact) mass is 163 g/mol. The van der Waals surface area contributed by atoms with Gasteiger partial charge < -0.3 is 0 Å². The highest BCUT2D eigenvalue weighted by atomic mass is 15.3. The van der Waals surface area contributed by atoms with Gasteiger partial charge in [0.05, 0.1) is 12.3 Å². The van der Waals surface area contributed by atoms with Gasteiger partial charge in [-0.25, -0.2) is 0 Å². The van der Waals surface area contributed by atoms with Gasteiger partial charge in [-0.05, 0) is 18.4 Å². The molecule has 3 nitrogen and oxygen atoms in total. The molecule has 12 heavy (non-hydrogen) atoms. The Balaban J connectivity index is 2.86. The van der Waals surface area contributed by atoms with E-state index in [1.807, 2.05) is 19.3 Å². The van der Waals surface area contributed by atoms with E-state index in [-0.39, 0.29) is 6.04 Å². The minimum Gasteiger partial charge on any atom is -0.255 e. The van der Waals surface area contributed by atoms with Crippen LogP contribution >= 0.6 is 0 Å². The Labute approximate surface area is 72.6 Å². The number of hydrogen-bond donors (Lipinski definition) is 0. The molecule has 1 atom stereocenters. The number of aromatic nitrogens is 2. The maximum Gasteiger partial charge on any atom is 0.135 e. The fourth-order valence-electron chi connectivity index (χ4n) is 0.922. The van der Waals surface area contributed by atoms with E-state index in [0.717, 1.165) is 0 Å². The molecule has 0 aliphatic rings. The Bertz CT molecular complexity index is 293. The van der Waals surface area contributed by atoms with Crippen LogP contribution in [0.2, 0.25) is 0 Å². The standard InChI is InChI=1S/C9H13N3/c1-7(2)9-5-11-12(6-9)8(3)4-10/h5-8H,1-3H3. The van der Waals surface area contributed by atoms with Crippen LogP contribution in [0.15, 0.2) is 12.4 Å². The Hall–Kier alpha value is -1.30. The van der Waals surface area contributed by atoms with Crippen molar-refractivity contribution in [3.63, 3.8) is 0 Å². The van der Waals surface area contributed by atoms with Crippen molar-refractivity contribution < 1.29 is 0 Å². The first-order valence-electron chi connectivity index (χ1n) is 4.08. The van der Waals surface area contributed by atoms with E-state index in [2.05, 4.69) is 25.0 Å². The Morgan fingerprint density at radius 1 is 1.50 bits per heavy atom. The molecule has 0 fully saturated rings. The van der Waals surface area contributed by atoms with Crippen LogP contribution in [0.4, 0.5) is 0 Å². The summed E-state index contributed by atoms with van der Waals surface area (Å²) >= 11 is 0. The van der Waals surface area contributed by atoms with Gasteiger partial charge in [-0.3, -0.25) is 4.68 Å². The number of nitrogens with zero attached hydrogens (tertiary/aromatic N) is 3. The molecule has 0 spiro atoms. The molecule has 0 amide bonds. The van der Waals surface area contributed by atoms with Crippen LogP contribution in [-0.4, -0.2) is 9.78 Å². The van der Waals surface area contributed by atoms with Crippen LogP contribution in [0.3, 0.4) is 0 Å². The fraction of sp³-hybridized carbons (Fsp3) is 0.556. The Morgan fingerprint density at radius 2 is 2.17 bits per heavy atom. The van der Waals surface area contributed by atoms with E-state index in [0.29, 0.717) is 5.92 Å². The fourth-order valence-corrected chi connectivity index (χ4v) is 0.922. The van der Waals surface area contributed by atoms with Gasteiger partial charge in [0, 0.05) is 6.20 Å². The molecule has 3 heteroatoms. The lowest BCUT2D eigenvalue weighted by Crippen LogP contribution is -2.02. The maximum atomic E-state index is 8.63. The smallest absolute Gasteiger partial charge is 0.135 e. The molecular weight excluding hydrogens is 150 g/mol. The molecule has 64 valence electrons. The van der Waals surface area contributed by atoms with Gasteiger partial charge in [0.1, 0.15) is 6.04 Å². The van der Waals surface area contributed by atoms with Crippen LogP contribution in [0.1, 0.15) is 38.3 Å². The zero-order chi connectivity index (χ0) is 9.14. The number of hydrogen-bond acceptors (Lipinski definition) is 2. The minimum atomic E-state index is -0.169. The van der Waals surface area contributed by atoms with Crippen LogP contribution in [0.5, 0.6) is 0 Å². The molecule has 1 unspecified atom stereocenters. The van der Waals surface area contributed by atoms with Crippen molar-refractivity contribution in [2.45, 2.75) is 32.7 Å².